The Labute approximate surface area is 238 Å². The Bertz CT molecular complexity index is 723. The molecule has 1 saturated carbocycles. The highest BCUT2D eigenvalue weighted by Gasteiger charge is 2.39. The van der Waals surface area contributed by atoms with Crippen molar-refractivity contribution in [3.05, 3.63) is 43.4 Å². The Morgan fingerprint density at radius 1 is 0.943 bits per heavy atom. The van der Waals surface area contributed by atoms with Crippen LogP contribution in [-0.4, -0.2) is 44.7 Å². The molecule has 5 nitrogen and oxygen atoms in total. The van der Waals surface area contributed by atoms with Gasteiger partial charge in [-0.2, -0.15) is 0 Å². The van der Waals surface area contributed by atoms with E-state index in [4.69, 9.17) is 74.7 Å². The quantitative estimate of drug-likeness (QED) is 0.0964. The van der Waals surface area contributed by atoms with Crippen molar-refractivity contribution in [2.24, 2.45) is 11.8 Å². The van der Waals surface area contributed by atoms with E-state index in [2.05, 4.69) is 6.92 Å². The molecule has 0 saturated heterocycles. The Morgan fingerprint density at radius 2 is 1.54 bits per heavy atom. The zero-order chi connectivity index (χ0) is 27.0. The van der Waals surface area contributed by atoms with E-state index >= 15 is 0 Å². The van der Waals surface area contributed by atoms with Crippen molar-refractivity contribution < 1.29 is 25.2 Å². The van der Waals surface area contributed by atoms with E-state index < -0.39 is 24.3 Å². The number of carboxylic acids is 1. The van der Waals surface area contributed by atoms with E-state index in [1.165, 1.54) is 0 Å². The maximum atomic E-state index is 10.5. The van der Waals surface area contributed by atoms with Crippen molar-refractivity contribution in [3.8, 4) is 0 Å². The van der Waals surface area contributed by atoms with Crippen molar-refractivity contribution in [1.82, 2.24) is 0 Å². The first-order chi connectivity index (χ1) is 16.4. The SMILES string of the molecule is CCCCC[C@H](O)/C=C/[C@@H]1[C@@H](C/C=C\CCCC(=O)O)[C@@H](O)C[C@H]1O.ClC(Cl)=C(Cl)C(Cl)=C(Cl)Cl. The van der Waals surface area contributed by atoms with Crippen LogP contribution < -0.4 is 0 Å². The van der Waals surface area contributed by atoms with Crippen molar-refractivity contribution in [2.75, 3.05) is 0 Å². The van der Waals surface area contributed by atoms with E-state index in [1.54, 1.807) is 6.08 Å². The summed E-state index contributed by atoms with van der Waals surface area (Å²) < 4.78 is -0.351. The number of aliphatic carboxylic acids is 1. The molecule has 5 atom stereocenters. The van der Waals surface area contributed by atoms with Gasteiger partial charge in [-0.05, 0) is 31.6 Å². The number of carboxylic acid groups (broad SMARTS) is 1. The third-order valence-corrected chi connectivity index (χ3v) is 7.43. The molecule has 0 amide bonds. The van der Waals surface area contributed by atoms with Crippen LogP contribution in [0, 0.1) is 11.8 Å². The Hall–Kier alpha value is 0.0500. The number of allylic oxidation sites excluding steroid dienone is 4. The van der Waals surface area contributed by atoms with Crippen LogP contribution in [0.4, 0.5) is 0 Å². The smallest absolute Gasteiger partial charge is 0.303 e. The van der Waals surface area contributed by atoms with Crippen LogP contribution in [0.15, 0.2) is 43.4 Å². The van der Waals surface area contributed by atoms with Crippen molar-refractivity contribution >= 4 is 75.6 Å². The van der Waals surface area contributed by atoms with E-state index in [0.717, 1.165) is 25.7 Å². The van der Waals surface area contributed by atoms with Crippen LogP contribution in [0.1, 0.15) is 64.7 Å². The summed E-state index contributed by atoms with van der Waals surface area (Å²) in [6.07, 6.45) is 12.3. The minimum absolute atomic E-state index is 0.0648. The standard InChI is InChI=1S/C20H34O5.C4Cl6/c1-2-3-6-9-15(21)12-13-17-16(18(22)14-19(17)23)10-7-4-5-8-11-20(24)25;5-1(3(7)8)2(6)4(9)10/h4,7,12-13,15-19,21-23H,2-3,5-6,8-11,14H2,1H3,(H,24,25);/b7-4-,13-12+;/t15-,16+,17+,18-,19+;/m0./s1. The normalized spacial score (nSPS) is 22.7. The number of halogens is 6. The number of hydrogen-bond acceptors (Lipinski definition) is 4. The number of carbonyl (C=O) groups is 1. The molecule has 0 aromatic carbocycles. The number of aliphatic hydroxyl groups is 3. The van der Waals surface area contributed by atoms with Crippen LogP contribution >= 0.6 is 69.6 Å². The Balaban J connectivity index is 0.000000972. The van der Waals surface area contributed by atoms with Gasteiger partial charge in [0.25, 0.3) is 0 Å². The predicted octanol–water partition coefficient (Wildman–Crippen LogP) is 7.80. The van der Waals surface area contributed by atoms with Crippen LogP contribution in [0.2, 0.25) is 0 Å². The van der Waals surface area contributed by atoms with Crippen LogP contribution in [0.5, 0.6) is 0 Å². The number of rotatable bonds is 13. The summed E-state index contributed by atoms with van der Waals surface area (Å²) in [5, 5.41) is 38.8. The zero-order valence-corrected chi connectivity index (χ0v) is 24.1. The van der Waals surface area contributed by atoms with Gasteiger partial charge in [0.05, 0.1) is 28.4 Å². The molecule has 1 aliphatic carbocycles. The highest BCUT2D eigenvalue weighted by Crippen LogP contribution is 2.36. The summed E-state index contributed by atoms with van der Waals surface area (Å²) in [4.78, 5) is 10.5. The lowest BCUT2D eigenvalue weighted by Gasteiger charge is -2.19. The lowest BCUT2D eigenvalue weighted by Crippen LogP contribution is -2.20. The van der Waals surface area contributed by atoms with Crippen LogP contribution in [0.3, 0.4) is 0 Å². The number of hydrogen-bond donors (Lipinski definition) is 4. The maximum Gasteiger partial charge on any atom is 0.303 e. The van der Waals surface area contributed by atoms with Crippen molar-refractivity contribution in [3.63, 3.8) is 0 Å². The monoisotopic (exact) mass is 612 g/mol. The first-order valence-electron chi connectivity index (χ1n) is 11.4. The summed E-state index contributed by atoms with van der Waals surface area (Å²) >= 11 is 31.8. The highest BCUT2D eigenvalue weighted by molar-refractivity contribution is 6.65. The van der Waals surface area contributed by atoms with Gasteiger partial charge in [-0.25, -0.2) is 0 Å². The maximum absolute atomic E-state index is 10.5. The summed E-state index contributed by atoms with van der Waals surface area (Å²) in [7, 11) is 0. The highest BCUT2D eigenvalue weighted by atomic mass is 35.5. The Morgan fingerprint density at radius 3 is 2.06 bits per heavy atom. The van der Waals surface area contributed by atoms with Gasteiger partial charge in [0.2, 0.25) is 0 Å². The fourth-order valence-electron chi connectivity index (χ4n) is 3.57. The largest absolute Gasteiger partial charge is 0.481 e. The summed E-state index contributed by atoms with van der Waals surface area (Å²) in [5.41, 5.74) is 0. The summed E-state index contributed by atoms with van der Waals surface area (Å²) in [6, 6.07) is 0. The van der Waals surface area contributed by atoms with Crippen molar-refractivity contribution in [1.29, 1.82) is 0 Å². The molecule has 1 aliphatic rings. The molecule has 0 unspecified atom stereocenters. The Kier molecular flexibility index (Phi) is 20.1. The van der Waals surface area contributed by atoms with Gasteiger partial charge in [0.15, 0.2) is 0 Å². The average Bonchev–Trinajstić information content (AvgIpc) is 3.05. The van der Waals surface area contributed by atoms with Gasteiger partial charge < -0.3 is 20.4 Å². The molecule has 0 aliphatic heterocycles. The predicted molar refractivity (Wildman–Crippen MR) is 147 cm³/mol. The fraction of sp³-hybridized carbons (Fsp3) is 0.625. The lowest BCUT2D eigenvalue weighted by atomic mass is 9.89. The second-order valence-electron chi connectivity index (χ2n) is 8.20. The first-order valence-corrected chi connectivity index (χ1v) is 13.7. The molecule has 1 fully saturated rings. The zero-order valence-electron chi connectivity index (χ0n) is 19.5. The molecule has 202 valence electrons. The van der Waals surface area contributed by atoms with Gasteiger partial charge >= 0.3 is 5.97 Å². The molecular weight excluding hydrogens is 581 g/mol. The minimum atomic E-state index is -0.787. The number of aliphatic hydroxyl groups excluding tert-OH is 3. The second-order valence-corrected chi connectivity index (χ2v) is 10.9. The average molecular weight is 615 g/mol. The fourth-order valence-corrected chi connectivity index (χ4v) is 4.33. The van der Waals surface area contributed by atoms with Gasteiger partial charge in [-0.15, -0.1) is 0 Å². The van der Waals surface area contributed by atoms with E-state index in [-0.39, 0.29) is 37.3 Å². The third-order valence-electron chi connectivity index (χ3n) is 5.44. The lowest BCUT2D eigenvalue weighted by molar-refractivity contribution is -0.137. The van der Waals surface area contributed by atoms with Gasteiger partial charge in [0, 0.05) is 18.8 Å². The van der Waals surface area contributed by atoms with Gasteiger partial charge in [0.1, 0.15) is 8.98 Å². The molecule has 1 rings (SSSR count). The molecule has 0 aromatic heterocycles. The summed E-state index contributed by atoms with van der Waals surface area (Å²) in [5.74, 6) is -1.00. The minimum Gasteiger partial charge on any atom is -0.481 e. The first kappa shape index (κ1) is 35.0. The third kappa shape index (κ3) is 15.8. The molecule has 0 bridgehead atoms. The molecule has 0 heterocycles. The van der Waals surface area contributed by atoms with Crippen LogP contribution in [0.25, 0.3) is 0 Å². The molecule has 0 radical (unpaired) electrons. The van der Waals surface area contributed by atoms with E-state index in [0.29, 0.717) is 25.7 Å². The molecular formula is C24H34Cl6O5. The van der Waals surface area contributed by atoms with Crippen LogP contribution in [-0.2, 0) is 4.79 Å². The number of unbranched alkanes of at least 4 members (excludes halogenated alkanes) is 3. The summed E-state index contributed by atoms with van der Waals surface area (Å²) in [6.45, 7) is 2.12. The van der Waals surface area contributed by atoms with E-state index in [9.17, 15) is 20.1 Å². The molecule has 0 spiro atoms. The topological polar surface area (TPSA) is 98.0 Å². The molecule has 11 heteroatoms. The van der Waals surface area contributed by atoms with Gasteiger partial charge in [-0.1, -0.05) is 120 Å². The second kappa shape index (κ2) is 20.1. The molecule has 35 heavy (non-hydrogen) atoms. The van der Waals surface area contributed by atoms with Crippen molar-refractivity contribution in [2.45, 2.75) is 83.0 Å². The molecule has 0 aromatic rings. The molecule has 4 N–H and O–H groups in total. The van der Waals surface area contributed by atoms with E-state index in [1.807, 2.05) is 18.2 Å². The van der Waals surface area contributed by atoms with Gasteiger partial charge in [-0.3, -0.25) is 4.79 Å².